The normalized spacial score (nSPS) is 21.5. The Balaban J connectivity index is 1.56. The van der Waals surface area contributed by atoms with Gasteiger partial charge in [-0.15, -0.1) is 0 Å². The van der Waals surface area contributed by atoms with E-state index in [-0.39, 0.29) is 5.56 Å². The maximum atomic E-state index is 11.8. The van der Waals surface area contributed by atoms with E-state index in [0.29, 0.717) is 44.6 Å². The molecule has 25 heavy (non-hydrogen) atoms. The van der Waals surface area contributed by atoms with Gasteiger partial charge in [-0.05, 0) is 31.0 Å². The molecule has 2 aliphatic rings. The van der Waals surface area contributed by atoms with Gasteiger partial charge in [-0.2, -0.15) is 0 Å². The Kier molecular flexibility index (Phi) is 3.98. The predicted octanol–water partition coefficient (Wildman–Crippen LogP) is 1.95. The van der Waals surface area contributed by atoms with Gasteiger partial charge in [0.2, 0.25) is 0 Å². The average molecular weight is 342 g/mol. The van der Waals surface area contributed by atoms with Gasteiger partial charge in [0.1, 0.15) is 5.60 Å². The molecular weight excluding hydrogens is 320 g/mol. The highest BCUT2D eigenvalue weighted by Gasteiger charge is 2.46. The Hall–Kier alpha value is -2.02. The number of rotatable bonds is 2. The van der Waals surface area contributed by atoms with Gasteiger partial charge in [-0.25, -0.2) is 0 Å². The third-order valence-corrected chi connectivity index (χ3v) is 5.37. The van der Waals surface area contributed by atoms with Gasteiger partial charge in [0, 0.05) is 37.7 Å². The summed E-state index contributed by atoms with van der Waals surface area (Å²) in [5, 5.41) is 11.0. The second-order valence-corrected chi connectivity index (χ2v) is 6.88. The van der Waals surface area contributed by atoms with E-state index >= 15 is 0 Å². The van der Waals surface area contributed by atoms with E-state index in [0.717, 1.165) is 11.3 Å². The van der Waals surface area contributed by atoms with Gasteiger partial charge in [0.15, 0.2) is 5.79 Å². The first kappa shape index (κ1) is 16.4. The van der Waals surface area contributed by atoms with Crippen molar-refractivity contribution in [3.05, 3.63) is 52.6 Å². The van der Waals surface area contributed by atoms with E-state index in [9.17, 15) is 9.90 Å². The summed E-state index contributed by atoms with van der Waals surface area (Å²) in [5.74, 6) is -0.505. The Morgan fingerprint density at radius 2 is 1.80 bits per heavy atom. The van der Waals surface area contributed by atoms with Crippen molar-refractivity contribution in [2.45, 2.75) is 37.1 Å². The van der Waals surface area contributed by atoms with Gasteiger partial charge in [0.25, 0.3) is 5.56 Å². The highest BCUT2D eigenvalue weighted by atomic mass is 16.7. The van der Waals surface area contributed by atoms with E-state index in [2.05, 4.69) is 4.98 Å². The van der Waals surface area contributed by atoms with Gasteiger partial charge in [-0.1, -0.05) is 6.07 Å². The number of hydrogen-bond donors (Lipinski definition) is 1. The van der Waals surface area contributed by atoms with Crippen molar-refractivity contribution in [1.82, 2.24) is 9.55 Å². The molecule has 4 rings (SSSR count). The van der Waals surface area contributed by atoms with Crippen LogP contribution in [0.3, 0.4) is 0 Å². The number of aliphatic hydroxyl groups is 1. The highest BCUT2D eigenvalue weighted by Crippen LogP contribution is 2.44. The molecule has 1 aliphatic heterocycles. The lowest BCUT2D eigenvalue weighted by Crippen LogP contribution is -2.42. The van der Waals surface area contributed by atoms with E-state index in [4.69, 9.17) is 9.47 Å². The maximum Gasteiger partial charge on any atom is 0.250 e. The molecule has 132 valence electrons. The van der Waals surface area contributed by atoms with Crippen molar-refractivity contribution in [2.24, 2.45) is 7.05 Å². The first-order valence-corrected chi connectivity index (χ1v) is 8.65. The molecule has 3 heterocycles. The molecule has 6 nitrogen and oxygen atoms in total. The number of ether oxygens (including phenoxy) is 2. The Labute approximate surface area is 146 Å². The Bertz CT molecular complexity index is 812. The summed E-state index contributed by atoms with van der Waals surface area (Å²) in [7, 11) is 1.74. The predicted molar refractivity (Wildman–Crippen MR) is 91.9 cm³/mol. The lowest BCUT2D eigenvalue weighted by atomic mass is 9.79. The fraction of sp³-hybridized carbons (Fsp3) is 0.474. The van der Waals surface area contributed by atoms with E-state index in [1.807, 2.05) is 18.2 Å². The molecule has 1 N–H and O–H groups in total. The number of hydrogen-bond acceptors (Lipinski definition) is 5. The van der Waals surface area contributed by atoms with Crippen LogP contribution in [0.2, 0.25) is 0 Å². The first-order chi connectivity index (χ1) is 12.0. The fourth-order valence-electron chi connectivity index (χ4n) is 3.76. The lowest BCUT2D eigenvalue weighted by Gasteiger charge is -2.40. The number of aromatic nitrogens is 2. The summed E-state index contributed by atoms with van der Waals surface area (Å²) in [6, 6.07) is 8.90. The molecule has 1 spiro atoms. The van der Waals surface area contributed by atoms with Crippen molar-refractivity contribution in [3.8, 4) is 11.3 Å². The van der Waals surface area contributed by atoms with Crippen LogP contribution in [0.4, 0.5) is 0 Å². The zero-order valence-electron chi connectivity index (χ0n) is 14.3. The molecule has 2 aromatic heterocycles. The zero-order valence-corrected chi connectivity index (χ0v) is 14.3. The van der Waals surface area contributed by atoms with Gasteiger partial charge in [0.05, 0.1) is 24.6 Å². The van der Waals surface area contributed by atoms with Crippen LogP contribution in [0.25, 0.3) is 11.3 Å². The quantitative estimate of drug-likeness (QED) is 0.903. The molecule has 1 aliphatic carbocycles. The molecule has 1 saturated carbocycles. The number of pyridine rings is 2. The van der Waals surface area contributed by atoms with E-state index < -0.39 is 11.4 Å². The van der Waals surface area contributed by atoms with Crippen LogP contribution in [-0.2, 0) is 22.1 Å². The average Bonchev–Trinajstić information content (AvgIpc) is 3.09. The first-order valence-electron chi connectivity index (χ1n) is 8.65. The topological polar surface area (TPSA) is 73.6 Å². The molecule has 0 atom stereocenters. The van der Waals surface area contributed by atoms with Crippen LogP contribution in [0.15, 0.2) is 41.3 Å². The molecule has 1 saturated heterocycles. The fourth-order valence-corrected chi connectivity index (χ4v) is 3.76. The minimum absolute atomic E-state index is 0.0608. The Morgan fingerprint density at radius 1 is 1.08 bits per heavy atom. The smallest absolute Gasteiger partial charge is 0.250 e. The molecule has 2 aromatic rings. The summed E-state index contributed by atoms with van der Waals surface area (Å²) >= 11 is 0. The van der Waals surface area contributed by atoms with Gasteiger partial charge in [-0.3, -0.25) is 9.78 Å². The second-order valence-electron chi connectivity index (χ2n) is 6.88. The molecule has 0 bridgehead atoms. The summed E-state index contributed by atoms with van der Waals surface area (Å²) in [6.07, 6.45) is 4.17. The van der Waals surface area contributed by atoms with Crippen LogP contribution in [0.5, 0.6) is 0 Å². The summed E-state index contributed by atoms with van der Waals surface area (Å²) < 4.78 is 13.0. The van der Waals surface area contributed by atoms with Gasteiger partial charge >= 0.3 is 0 Å². The summed E-state index contributed by atoms with van der Waals surface area (Å²) in [6.45, 7) is 1.25. The SMILES string of the molecule is Cn1c(-c2ccc(C3(O)CCC4(CC3)OCCO4)nc2)cccc1=O. The third kappa shape index (κ3) is 2.90. The van der Waals surface area contributed by atoms with Crippen LogP contribution in [0.1, 0.15) is 31.4 Å². The third-order valence-electron chi connectivity index (χ3n) is 5.37. The molecule has 0 radical (unpaired) electrons. The van der Waals surface area contributed by atoms with Crippen molar-refractivity contribution >= 4 is 0 Å². The van der Waals surface area contributed by atoms with E-state index in [1.165, 1.54) is 6.07 Å². The highest BCUT2D eigenvalue weighted by molar-refractivity contribution is 5.58. The standard InChI is InChI=1S/C19H22N2O4/c1-21-15(3-2-4-17(21)22)14-5-6-16(20-13-14)18(23)7-9-19(10-8-18)24-11-12-25-19/h2-6,13,23H,7-12H2,1H3. The van der Waals surface area contributed by atoms with E-state index in [1.54, 1.807) is 23.9 Å². The lowest BCUT2D eigenvalue weighted by molar-refractivity contribution is -0.204. The monoisotopic (exact) mass is 342 g/mol. The molecule has 6 heteroatoms. The minimum atomic E-state index is -0.957. The molecule has 0 amide bonds. The Morgan fingerprint density at radius 3 is 2.44 bits per heavy atom. The molecule has 2 fully saturated rings. The van der Waals surface area contributed by atoms with Crippen molar-refractivity contribution in [1.29, 1.82) is 0 Å². The van der Waals surface area contributed by atoms with Crippen molar-refractivity contribution in [2.75, 3.05) is 13.2 Å². The maximum absolute atomic E-state index is 11.8. The summed E-state index contributed by atoms with van der Waals surface area (Å²) in [5.41, 5.74) is 1.29. The minimum Gasteiger partial charge on any atom is -0.384 e. The van der Waals surface area contributed by atoms with Crippen molar-refractivity contribution < 1.29 is 14.6 Å². The van der Waals surface area contributed by atoms with Crippen LogP contribution in [0, 0.1) is 0 Å². The van der Waals surface area contributed by atoms with Gasteiger partial charge < -0.3 is 19.1 Å². The zero-order chi connectivity index (χ0) is 17.5. The van der Waals surface area contributed by atoms with Crippen LogP contribution < -0.4 is 5.56 Å². The van der Waals surface area contributed by atoms with Crippen LogP contribution >= 0.6 is 0 Å². The molecule has 0 unspecified atom stereocenters. The van der Waals surface area contributed by atoms with Crippen LogP contribution in [-0.4, -0.2) is 33.7 Å². The summed E-state index contributed by atoms with van der Waals surface area (Å²) in [4.78, 5) is 16.3. The van der Waals surface area contributed by atoms with Crippen molar-refractivity contribution in [3.63, 3.8) is 0 Å². The largest absolute Gasteiger partial charge is 0.384 e. The number of nitrogens with zero attached hydrogens (tertiary/aromatic N) is 2. The molecular formula is C19H22N2O4. The second kappa shape index (κ2) is 6.05. The molecule has 0 aromatic carbocycles.